The number of esters is 1. The molecule has 1 fully saturated rings. The zero-order chi connectivity index (χ0) is 30.8. The van der Waals surface area contributed by atoms with Crippen LogP contribution in [-0.2, 0) is 30.6 Å². The first kappa shape index (κ1) is 31.9. The smallest absolute Gasteiger partial charge is 0.351 e. The van der Waals surface area contributed by atoms with Gasteiger partial charge in [0, 0.05) is 6.20 Å². The van der Waals surface area contributed by atoms with Crippen molar-refractivity contribution in [3.63, 3.8) is 0 Å². The number of hydrogen-bond acceptors (Lipinski definition) is 10. The first-order chi connectivity index (χ1) is 19.7. The van der Waals surface area contributed by atoms with Gasteiger partial charge in [-0.3, -0.25) is 9.36 Å². The van der Waals surface area contributed by atoms with E-state index in [-0.39, 0.29) is 11.6 Å². The van der Waals surface area contributed by atoms with Crippen LogP contribution in [0.3, 0.4) is 0 Å². The average Bonchev–Trinajstić information content (AvgIpc) is 3.17. The molecule has 1 aliphatic rings. The Labute approximate surface area is 244 Å². The van der Waals surface area contributed by atoms with E-state index in [9.17, 15) is 23.5 Å². The summed E-state index contributed by atoms with van der Waals surface area (Å²) in [6.45, 7) is -0.478. The number of nitrogen functional groups attached to an aromatic ring is 1. The van der Waals surface area contributed by atoms with Crippen LogP contribution in [0.2, 0.25) is 0 Å². The van der Waals surface area contributed by atoms with E-state index < -0.39 is 67.6 Å². The molecule has 6 unspecified atom stereocenters. The summed E-state index contributed by atoms with van der Waals surface area (Å²) in [5.74, 6) is -0.715. The van der Waals surface area contributed by atoms with Gasteiger partial charge in [0.25, 0.3) is 6.43 Å². The number of halogens is 3. The molecule has 0 spiro atoms. The van der Waals surface area contributed by atoms with E-state index in [4.69, 9.17) is 36.1 Å². The second-order valence-corrected chi connectivity index (χ2v) is 13.0. The zero-order valence-corrected chi connectivity index (χ0v) is 24.4. The summed E-state index contributed by atoms with van der Waals surface area (Å²) in [6.07, 6.45) is -9.82. The Morgan fingerprint density at radius 3 is 2.57 bits per heavy atom. The Hall–Kier alpha value is -3.07. The second kappa shape index (κ2) is 12.7. The van der Waals surface area contributed by atoms with E-state index in [2.05, 4.69) is 10.1 Å². The Morgan fingerprint density at radius 1 is 1.24 bits per heavy atom. The van der Waals surface area contributed by atoms with Crippen molar-refractivity contribution in [2.45, 2.75) is 63.4 Å². The minimum absolute atomic E-state index is 0.174. The fraction of sp³-hybridized carbons (Fsp3) is 0.423. The molecule has 42 heavy (non-hydrogen) atoms. The Kier molecular flexibility index (Phi) is 9.60. The molecule has 0 saturated carbocycles. The number of ether oxygens (including phenoxy) is 2. The highest BCUT2D eigenvalue weighted by Crippen LogP contribution is 2.50. The molecule has 2 aromatic carbocycles. The predicted octanol–water partition coefficient (Wildman–Crippen LogP) is 3.46. The molecular formula is C26H30F3N4O7PS. The summed E-state index contributed by atoms with van der Waals surface area (Å²) >= 11 is 5.60. The maximum absolute atomic E-state index is 15.5. The van der Waals surface area contributed by atoms with Gasteiger partial charge in [-0.25, -0.2) is 23.1 Å². The molecule has 0 bridgehead atoms. The summed E-state index contributed by atoms with van der Waals surface area (Å²) in [7, 11) is 0. The third-order valence-corrected chi connectivity index (χ3v) is 8.84. The minimum atomic E-state index is -3.94. The molecular weight excluding hydrogens is 600 g/mol. The molecule has 0 amide bonds. The third-order valence-electron chi connectivity index (χ3n) is 6.36. The second-order valence-electron chi connectivity index (χ2n) is 9.91. The topological polar surface area (TPSA) is 147 Å². The van der Waals surface area contributed by atoms with E-state index in [1.165, 1.54) is 6.92 Å². The van der Waals surface area contributed by atoms with Crippen molar-refractivity contribution in [1.82, 2.24) is 14.6 Å². The van der Waals surface area contributed by atoms with Crippen LogP contribution in [0.5, 0.6) is 5.75 Å². The van der Waals surface area contributed by atoms with Gasteiger partial charge >= 0.3 is 18.3 Å². The van der Waals surface area contributed by atoms with Crippen LogP contribution in [0.4, 0.5) is 19.0 Å². The number of rotatable bonds is 11. The van der Waals surface area contributed by atoms with Gasteiger partial charge in [-0.05, 0) is 61.5 Å². The number of nitrogens with two attached hydrogens (primary N) is 1. The predicted molar refractivity (Wildman–Crippen MR) is 151 cm³/mol. The van der Waals surface area contributed by atoms with Gasteiger partial charge < -0.3 is 29.4 Å². The van der Waals surface area contributed by atoms with Crippen LogP contribution >= 0.6 is 6.64 Å². The van der Waals surface area contributed by atoms with Crippen LogP contribution in [0.25, 0.3) is 10.8 Å². The first-order valence-corrected chi connectivity index (χ1v) is 15.4. The number of alkyl halides is 3. The molecule has 3 aromatic rings. The average molecular weight is 631 g/mol. The van der Waals surface area contributed by atoms with Crippen molar-refractivity contribution in [2.24, 2.45) is 0 Å². The lowest BCUT2D eigenvalue weighted by Crippen LogP contribution is -2.51. The van der Waals surface area contributed by atoms with Crippen LogP contribution < -0.4 is 21.0 Å². The summed E-state index contributed by atoms with van der Waals surface area (Å²) in [5.41, 5.74) is 1.33. The third kappa shape index (κ3) is 6.77. The number of hydrogen-bond donors (Lipinski definition) is 3. The summed E-state index contributed by atoms with van der Waals surface area (Å²) in [5, 5.41) is 14.9. The number of fused-ring (bicyclic) bond motifs is 1. The fourth-order valence-electron chi connectivity index (χ4n) is 4.25. The SMILES string of the molecule is CC(C)OC(=O)C(C)NP(=S)(OCC1(C(F)F)OC(n2ccc(N)nc2=O)C(O)C1F)Oc1ccc2ccccc2c1. The number of carbonyl (C=O) groups is 1. The van der Waals surface area contributed by atoms with Gasteiger partial charge in [-0.2, -0.15) is 4.98 Å². The largest absolute Gasteiger partial charge is 0.462 e. The number of nitrogens with one attached hydrogen (secondary N) is 1. The molecule has 1 saturated heterocycles. The molecule has 0 radical (unpaired) electrons. The van der Waals surface area contributed by atoms with Crippen LogP contribution in [0.1, 0.15) is 27.0 Å². The highest BCUT2D eigenvalue weighted by Gasteiger charge is 2.62. The van der Waals surface area contributed by atoms with Gasteiger partial charge in [0.15, 0.2) is 18.0 Å². The molecule has 228 valence electrons. The Bertz CT molecular complexity index is 1550. The molecule has 1 aliphatic heterocycles. The normalized spacial score (nSPS) is 24.5. The molecule has 16 heteroatoms. The van der Waals surface area contributed by atoms with Gasteiger partial charge in [0.05, 0.1) is 12.7 Å². The molecule has 4 N–H and O–H groups in total. The van der Waals surface area contributed by atoms with E-state index in [0.717, 1.165) is 23.0 Å². The van der Waals surface area contributed by atoms with Crippen molar-refractivity contribution < 1.29 is 41.6 Å². The van der Waals surface area contributed by atoms with Gasteiger partial charge in [-0.1, -0.05) is 30.3 Å². The number of aromatic nitrogens is 2. The number of aliphatic hydroxyl groups is 1. The van der Waals surface area contributed by atoms with Crippen molar-refractivity contribution in [3.05, 3.63) is 65.2 Å². The Morgan fingerprint density at radius 2 is 1.93 bits per heavy atom. The van der Waals surface area contributed by atoms with Gasteiger partial charge in [-0.15, -0.1) is 0 Å². The van der Waals surface area contributed by atoms with Crippen molar-refractivity contribution in [3.8, 4) is 5.75 Å². The molecule has 6 atom stereocenters. The number of aliphatic hydroxyl groups excluding tert-OH is 1. The van der Waals surface area contributed by atoms with E-state index in [1.54, 1.807) is 38.1 Å². The number of benzene rings is 2. The summed E-state index contributed by atoms with van der Waals surface area (Å²) in [6, 6.07) is 12.3. The lowest BCUT2D eigenvalue weighted by molar-refractivity contribution is -0.182. The standard InChI is InChI=1S/C26H30F3N4O7PS/c1-14(2)38-23(35)15(3)32-41(42,40-18-9-8-16-6-4-5-7-17(16)12-18)37-13-26(24(28)29)21(27)20(34)22(39-26)33-11-10-19(30)31-25(33)36/h4-12,14-15,20-22,24,34H,13H2,1-3H3,(H,32,42)(H2,30,31,36). The number of anilines is 1. The lowest BCUT2D eigenvalue weighted by atomic mass is 9.98. The highest BCUT2D eigenvalue weighted by molar-refractivity contribution is 8.09. The molecule has 4 rings (SSSR count). The minimum Gasteiger partial charge on any atom is -0.462 e. The van der Waals surface area contributed by atoms with Crippen LogP contribution in [0.15, 0.2) is 59.5 Å². The maximum atomic E-state index is 15.5. The first-order valence-electron chi connectivity index (χ1n) is 12.8. The summed E-state index contributed by atoms with van der Waals surface area (Å²) in [4.78, 5) is 28.3. The van der Waals surface area contributed by atoms with E-state index in [1.807, 2.05) is 18.2 Å². The molecule has 0 aliphatic carbocycles. The van der Waals surface area contributed by atoms with Crippen LogP contribution in [-0.4, -0.2) is 63.7 Å². The zero-order valence-electron chi connectivity index (χ0n) is 22.7. The lowest BCUT2D eigenvalue weighted by Gasteiger charge is -2.33. The van der Waals surface area contributed by atoms with Crippen LogP contribution in [0, 0.1) is 0 Å². The quantitative estimate of drug-likeness (QED) is 0.211. The highest BCUT2D eigenvalue weighted by atomic mass is 32.5. The van der Waals surface area contributed by atoms with Crippen molar-refractivity contribution in [2.75, 3.05) is 12.3 Å². The summed E-state index contributed by atoms with van der Waals surface area (Å²) < 4.78 is 67.4. The fourth-order valence-corrected chi connectivity index (χ4v) is 6.66. The van der Waals surface area contributed by atoms with Gasteiger partial charge in [0.2, 0.25) is 0 Å². The number of nitrogens with zero attached hydrogens (tertiary/aromatic N) is 2. The Balaban J connectivity index is 1.65. The molecule has 1 aromatic heterocycles. The van der Waals surface area contributed by atoms with Crippen molar-refractivity contribution >= 4 is 41.0 Å². The molecule has 11 nitrogen and oxygen atoms in total. The monoisotopic (exact) mass is 630 g/mol. The van der Waals surface area contributed by atoms with E-state index in [0.29, 0.717) is 4.57 Å². The van der Waals surface area contributed by atoms with Gasteiger partial charge in [0.1, 0.15) is 23.7 Å². The maximum Gasteiger partial charge on any atom is 0.351 e. The molecule has 2 heterocycles. The van der Waals surface area contributed by atoms with Crippen molar-refractivity contribution in [1.29, 1.82) is 0 Å². The van der Waals surface area contributed by atoms with E-state index >= 15 is 4.39 Å². The number of carbonyl (C=O) groups excluding carboxylic acids is 1.